The van der Waals surface area contributed by atoms with E-state index in [0.717, 1.165) is 37.1 Å². The molecule has 0 saturated carbocycles. The van der Waals surface area contributed by atoms with E-state index in [2.05, 4.69) is 5.43 Å². The molecular formula is C27H30Cl2N4O2. The van der Waals surface area contributed by atoms with E-state index in [1.807, 2.05) is 62.2 Å². The number of amides is 1. The molecule has 0 radical (unpaired) electrons. The van der Waals surface area contributed by atoms with Crippen molar-refractivity contribution in [2.45, 2.75) is 52.2 Å². The van der Waals surface area contributed by atoms with Gasteiger partial charge in [0.2, 0.25) is 0 Å². The van der Waals surface area contributed by atoms with Crippen LogP contribution in [0.25, 0.3) is 22.5 Å². The zero-order valence-corrected chi connectivity index (χ0v) is 21.8. The smallest absolute Gasteiger partial charge is 0.286 e. The topological polar surface area (TPSA) is 67.3 Å². The van der Waals surface area contributed by atoms with Crippen molar-refractivity contribution in [1.82, 2.24) is 20.4 Å². The summed E-state index contributed by atoms with van der Waals surface area (Å²) in [6.07, 6.45) is 3.28. The van der Waals surface area contributed by atoms with Gasteiger partial charge in [-0.15, -0.1) is 0 Å². The molecule has 0 bridgehead atoms. The monoisotopic (exact) mass is 512 g/mol. The Kier molecular flexibility index (Phi) is 8.07. The Bertz CT molecular complexity index is 1170. The molecule has 0 atom stereocenters. The van der Waals surface area contributed by atoms with Gasteiger partial charge in [0.05, 0.1) is 29.3 Å². The summed E-state index contributed by atoms with van der Waals surface area (Å²) in [7, 11) is 0. The van der Waals surface area contributed by atoms with Gasteiger partial charge in [-0.1, -0.05) is 53.9 Å². The lowest BCUT2D eigenvalue weighted by Gasteiger charge is -2.27. The predicted octanol–water partition coefficient (Wildman–Crippen LogP) is 6.56. The molecule has 3 aromatic rings. The van der Waals surface area contributed by atoms with Gasteiger partial charge in [0.1, 0.15) is 0 Å². The van der Waals surface area contributed by atoms with Gasteiger partial charge in [-0.05, 0) is 57.9 Å². The van der Waals surface area contributed by atoms with E-state index < -0.39 is 5.60 Å². The summed E-state index contributed by atoms with van der Waals surface area (Å²) in [4.78, 5) is 23.3. The minimum atomic E-state index is -0.405. The highest BCUT2D eigenvalue weighted by Crippen LogP contribution is 2.32. The summed E-state index contributed by atoms with van der Waals surface area (Å²) >= 11 is 12.3. The van der Waals surface area contributed by atoms with Crippen molar-refractivity contribution >= 4 is 29.1 Å². The highest BCUT2D eigenvalue weighted by molar-refractivity contribution is 6.31. The number of ether oxygens (including phenoxy) is 1. The van der Waals surface area contributed by atoms with Crippen LogP contribution in [0.2, 0.25) is 10.0 Å². The van der Waals surface area contributed by atoms with Gasteiger partial charge in [0, 0.05) is 34.3 Å². The first-order valence-electron chi connectivity index (χ1n) is 11.8. The lowest BCUT2D eigenvalue weighted by molar-refractivity contribution is -0.0169. The van der Waals surface area contributed by atoms with Crippen molar-refractivity contribution in [3.8, 4) is 22.5 Å². The molecule has 0 unspecified atom stereocenters. The molecule has 1 amide bonds. The molecule has 1 aromatic heterocycles. The minimum absolute atomic E-state index is 0.154. The predicted molar refractivity (Wildman–Crippen MR) is 140 cm³/mol. The van der Waals surface area contributed by atoms with Crippen molar-refractivity contribution in [2.24, 2.45) is 0 Å². The quantitative estimate of drug-likeness (QED) is 0.404. The number of hydrogen-bond donors (Lipinski definition) is 1. The van der Waals surface area contributed by atoms with Gasteiger partial charge < -0.3 is 4.74 Å². The minimum Gasteiger partial charge on any atom is -0.369 e. The van der Waals surface area contributed by atoms with Gasteiger partial charge in [-0.3, -0.25) is 10.2 Å². The molecule has 35 heavy (non-hydrogen) atoms. The number of hydrazine groups is 1. The number of rotatable bonds is 6. The van der Waals surface area contributed by atoms with Crippen LogP contribution < -0.4 is 5.43 Å². The molecule has 1 aliphatic rings. The average Bonchev–Trinajstić information content (AvgIpc) is 2.83. The fourth-order valence-corrected chi connectivity index (χ4v) is 4.11. The van der Waals surface area contributed by atoms with Gasteiger partial charge in [0.15, 0.2) is 5.69 Å². The van der Waals surface area contributed by atoms with Crippen LogP contribution in [0.1, 0.15) is 56.2 Å². The van der Waals surface area contributed by atoms with Crippen molar-refractivity contribution in [1.29, 1.82) is 0 Å². The van der Waals surface area contributed by atoms with Crippen LogP contribution in [0.3, 0.4) is 0 Å². The number of benzene rings is 2. The molecule has 2 aromatic carbocycles. The zero-order valence-electron chi connectivity index (χ0n) is 20.3. The molecule has 1 fully saturated rings. The summed E-state index contributed by atoms with van der Waals surface area (Å²) in [5.41, 5.74) is 6.24. The number of nitrogens with zero attached hydrogens (tertiary/aromatic N) is 3. The first-order chi connectivity index (χ1) is 16.7. The van der Waals surface area contributed by atoms with Crippen LogP contribution in [-0.4, -0.2) is 39.6 Å². The second kappa shape index (κ2) is 11.0. The van der Waals surface area contributed by atoms with Crippen LogP contribution in [0.5, 0.6) is 0 Å². The summed E-state index contributed by atoms with van der Waals surface area (Å²) in [5.74, 6) is -0.287. The lowest BCUT2D eigenvalue weighted by Crippen LogP contribution is -2.45. The Morgan fingerprint density at radius 2 is 1.40 bits per heavy atom. The zero-order chi connectivity index (χ0) is 25.0. The van der Waals surface area contributed by atoms with Crippen molar-refractivity contribution in [3.63, 3.8) is 0 Å². The van der Waals surface area contributed by atoms with E-state index in [1.54, 1.807) is 12.1 Å². The van der Waals surface area contributed by atoms with E-state index in [1.165, 1.54) is 6.42 Å². The highest BCUT2D eigenvalue weighted by Gasteiger charge is 2.24. The van der Waals surface area contributed by atoms with E-state index >= 15 is 0 Å². The number of carbonyl (C=O) groups is 1. The second-order valence-corrected chi connectivity index (χ2v) is 10.5. The summed E-state index contributed by atoms with van der Waals surface area (Å²) in [6, 6.07) is 14.8. The third-order valence-electron chi connectivity index (χ3n) is 5.68. The van der Waals surface area contributed by atoms with E-state index in [9.17, 15) is 4.79 Å². The van der Waals surface area contributed by atoms with Crippen molar-refractivity contribution in [3.05, 3.63) is 70.0 Å². The number of hydrogen-bond acceptors (Lipinski definition) is 5. The molecule has 8 heteroatoms. The number of nitrogens with one attached hydrogen (secondary N) is 1. The number of halogens is 2. The average molecular weight is 513 g/mol. The van der Waals surface area contributed by atoms with E-state index in [-0.39, 0.29) is 18.2 Å². The molecule has 1 N–H and O–H groups in total. The maximum absolute atomic E-state index is 13.4. The molecule has 0 aliphatic carbocycles. The van der Waals surface area contributed by atoms with Crippen molar-refractivity contribution < 1.29 is 9.53 Å². The maximum atomic E-state index is 13.4. The van der Waals surface area contributed by atoms with Gasteiger partial charge in [-0.25, -0.2) is 15.0 Å². The molecule has 6 nitrogen and oxygen atoms in total. The largest absolute Gasteiger partial charge is 0.369 e. The number of piperidine rings is 1. The first-order valence-corrected chi connectivity index (χ1v) is 12.6. The Hall–Kier alpha value is -2.51. The Morgan fingerprint density at radius 1 is 0.886 bits per heavy atom. The third kappa shape index (κ3) is 6.79. The summed E-state index contributed by atoms with van der Waals surface area (Å²) < 4.78 is 6.03. The maximum Gasteiger partial charge on any atom is 0.286 e. The summed E-state index contributed by atoms with van der Waals surface area (Å²) in [5, 5.41) is 3.20. The standard InChI is InChI=1S/C27H30Cl2N4O2/c1-27(2,3)35-17-22-25(26(34)32-33-15-5-4-6-16-33)31-24(19-9-13-21(29)14-10-19)23(30-22)18-7-11-20(28)12-8-18/h7-14H,4-6,15-17H2,1-3H3,(H,32,34). The molecule has 0 spiro atoms. The van der Waals surface area contributed by atoms with E-state index in [0.29, 0.717) is 27.1 Å². The summed E-state index contributed by atoms with van der Waals surface area (Å²) in [6.45, 7) is 7.70. The third-order valence-corrected chi connectivity index (χ3v) is 6.18. The Balaban J connectivity index is 1.83. The lowest BCUT2D eigenvalue weighted by atomic mass is 10.0. The molecule has 1 saturated heterocycles. The number of carbonyl (C=O) groups excluding carboxylic acids is 1. The van der Waals surface area contributed by atoms with Crippen LogP contribution >= 0.6 is 23.2 Å². The Labute approximate surface area is 216 Å². The Morgan fingerprint density at radius 3 is 1.91 bits per heavy atom. The highest BCUT2D eigenvalue weighted by atomic mass is 35.5. The van der Waals surface area contributed by atoms with Crippen LogP contribution in [-0.2, 0) is 11.3 Å². The van der Waals surface area contributed by atoms with Crippen LogP contribution in [0.15, 0.2) is 48.5 Å². The fourth-order valence-electron chi connectivity index (χ4n) is 3.86. The molecule has 1 aliphatic heterocycles. The second-order valence-electron chi connectivity index (χ2n) is 9.62. The van der Waals surface area contributed by atoms with Crippen LogP contribution in [0.4, 0.5) is 0 Å². The fraction of sp³-hybridized carbons (Fsp3) is 0.370. The molecule has 2 heterocycles. The molecular weight excluding hydrogens is 483 g/mol. The van der Waals surface area contributed by atoms with Gasteiger partial charge >= 0.3 is 0 Å². The van der Waals surface area contributed by atoms with Gasteiger partial charge in [0.25, 0.3) is 5.91 Å². The van der Waals surface area contributed by atoms with Crippen LogP contribution in [0, 0.1) is 0 Å². The molecule has 4 rings (SSSR count). The normalized spacial score (nSPS) is 14.7. The first kappa shape index (κ1) is 25.6. The molecule has 184 valence electrons. The SMILES string of the molecule is CC(C)(C)OCc1nc(-c2ccc(Cl)cc2)c(-c2ccc(Cl)cc2)nc1C(=O)NN1CCCCC1. The van der Waals surface area contributed by atoms with E-state index in [4.69, 9.17) is 37.9 Å². The van der Waals surface area contributed by atoms with Crippen molar-refractivity contribution in [2.75, 3.05) is 13.1 Å². The van der Waals surface area contributed by atoms with Gasteiger partial charge in [-0.2, -0.15) is 0 Å². The number of aromatic nitrogens is 2.